The minimum atomic E-state index is -3.99. The summed E-state index contributed by atoms with van der Waals surface area (Å²) in [5, 5.41) is 9.83. The number of rotatable bonds is 10. The second kappa shape index (κ2) is 10.3. The minimum Gasteiger partial charge on any atom is -0.478 e. The fourth-order valence-electron chi connectivity index (χ4n) is 3.31. The van der Waals surface area contributed by atoms with Gasteiger partial charge < -0.3 is 10.0 Å². The van der Waals surface area contributed by atoms with E-state index in [-0.39, 0.29) is 16.1 Å². The van der Waals surface area contributed by atoms with Crippen molar-refractivity contribution in [2.75, 3.05) is 16.2 Å². The molecule has 0 fully saturated rings. The van der Waals surface area contributed by atoms with Crippen LogP contribution in [-0.4, -0.2) is 26.0 Å². The molecule has 0 heterocycles. The van der Waals surface area contributed by atoms with Crippen molar-refractivity contribution in [3.05, 3.63) is 89.7 Å². The van der Waals surface area contributed by atoms with Crippen molar-refractivity contribution in [2.24, 2.45) is 0 Å². The Bertz CT molecular complexity index is 1170. The number of benzene rings is 3. The van der Waals surface area contributed by atoms with Crippen LogP contribution in [0.4, 0.5) is 15.8 Å². The Morgan fingerprint density at radius 2 is 1.72 bits per heavy atom. The SMILES string of the molecule is CCCCN(Cc1ccccc1)c1ccc(NS(=O)(=O)c2ccc(F)cc2)cc1C(=O)O. The molecule has 32 heavy (non-hydrogen) atoms. The fourth-order valence-corrected chi connectivity index (χ4v) is 4.36. The average Bonchev–Trinajstić information content (AvgIpc) is 2.77. The van der Waals surface area contributed by atoms with Crippen molar-refractivity contribution in [2.45, 2.75) is 31.2 Å². The summed E-state index contributed by atoms with van der Waals surface area (Å²) < 4.78 is 40.7. The molecule has 0 saturated carbocycles. The van der Waals surface area contributed by atoms with E-state index >= 15 is 0 Å². The molecule has 168 valence electrons. The highest BCUT2D eigenvalue weighted by atomic mass is 32.2. The molecular weight excluding hydrogens is 431 g/mol. The Labute approximate surface area is 187 Å². The van der Waals surface area contributed by atoms with Crippen LogP contribution in [0.15, 0.2) is 77.7 Å². The van der Waals surface area contributed by atoms with Crippen LogP contribution in [-0.2, 0) is 16.6 Å². The highest BCUT2D eigenvalue weighted by Crippen LogP contribution is 2.28. The third kappa shape index (κ3) is 5.85. The highest BCUT2D eigenvalue weighted by Gasteiger charge is 2.20. The van der Waals surface area contributed by atoms with Gasteiger partial charge in [0.25, 0.3) is 10.0 Å². The van der Waals surface area contributed by atoms with E-state index in [9.17, 15) is 22.7 Å². The predicted octanol–water partition coefficient (Wildman–Crippen LogP) is 5.13. The maximum absolute atomic E-state index is 13.1. The van der Waals surface area contributed by atoms with Gasteiger partial charge in [-0.25, -0.2) is 17.6 Å². The first-order chi connectivity index (χ1) is 15.3. The zero-order valence-electron chi connectivity index (χ0n) is 17.7. The first-order valence-corrected chi connectivity index (χ1v) is 11.7. The molecule has 3 aromatic carbocycles. The number of unbranched alkanes of at least 4 members (excludes halogenated alkanes) is 1. The van der Waals surface area contributed by atoms with Crippen LogP contribution in [0.25, 0.3) is 0 Å². The predicted molar refractivity (Wildman–Crippen MR) is 123 cm³/mol. The average molecular weight is 457 g/mol. The smallest absolute Gasteiger partial charge is 0.337 e. The molecule has 2 N–H and O–H groups in total. The molecule has 0 aliphatic rings. The Balaban J connectivity index is 1.93. The van der Waals surface area contributed by atoms with Crippen molar-refractivity contribution in [1.82, 2.24) is 0 Å². The number of nitrogens with zero attached hydrogens (tertiary/aromatic N) is 1. The normalized spacial score (nSPS) is 11.2. The first-order valence-electron chi connectivity index (χ1n) is 10.2. The van der Waals surface area contributed by atoms with E-state index in [2.05, 4.69) is 11.6 Å². The van der Waals surface area contributed by atoms with Gasteiger partial charge in [-0.2, -0.15) is 0 Å². The van der Waals surface area contributed by atoms with E-state index in [1.165, 1.54) is 12.1 Å². The summed E-state index contributed by atoms with van der Waals surface area (Å²) in [5.74, 6) is -1.70. The third-order valence-electron chi connectivity index (χ3n) is 4.94. The maximum Gasteiger partial charge on any atom is 0.337 e. The second-order valence-electron chi connectivity index (χ2n) is 7.36. The third-order valence-corrected chi connectivity index (χ3v) is 6.34. The number of hydrogen-bond acceptors (Lipinski definition) is 4. The Hall–Kier alpha value is -3.39. The lowest BCUT2D eigenvalue weighted by atomic mass is 10.1. The number of aromatic carboxylic acids is 1. The number of carboxylic acids is 1. The van der Waals surface area contributed by atoms with Crippen LogP contribution in [0.3, 0.4) is 0 Å². The van der Waals surface area contributed by atoms with E-state index < -0.39 is 21.8 Å². The van der Waals surface area contributed by atoms with Crippen LogP contribution in [0.1, 0.15) is 35.7 Å². The number of halogens is 1. The van der Waals surface area contributed by atoms with Gasteiger partial charge in [0.2, 0.25) is 0 Å². The number of hydrogen-bond donors (Lipinski definition) is 2. The van der Waals surface area contributed by atoms with Crippen LogP contribution in [0.2, 0.25) is 0 Å². The minimum absolute atomic E-state index is 0.00339. The van der Waals surface area contributed by atoms with Crippen LogP contribution in [0, 0.1) is 5.82 Å². The summed E-state index contributed by atoms with van der Waals surface area (Å²) >= 11 is 0. The summed E-state index contributed by atoms with van der Waals surface area (Å²) in [6.07, 6.45) is 1.83. The van der Waals surface area contributed by atoms with Gasteiger partial charge >= 0.3 is 5.97 Å². The van der Waals surface area contributed by atoms with E-state index in [4.69, 9.17) is 0 Å². The molecule has 3 rings (SSSR count). The van der Waals surface area contributed by atoms with Crippen molar-refractivity contribution in [3.8, 4) is 0 Å². The summed E-state index contributed by atoms with van der Waals surface area (Å²) in [6, 6.07) is 18.6. The quantitative estimate of drug-likeness (QED) is 0.442. The Morgan fingerprint density at radius 1 is 1.03 bits per heavy atom. The summed E-state index contributed by atoms with van der Waals surface area (Å²) in [7, 11) is -3.99. The Morgan fingerprint density at radius 3 is 2.34 bits per heavy atom. The largest absolute Gasteiger partial charge is 0.478 e. The molecule has 8 heteroatoms. The molecule has 0 atom stereocenters. The number of anilines is 2. The van der Waals surface area contributed by atoms with E-state index in [1.54, 1.807) is 6.07 Å². The summed E-state index contributed by atoms with van der Waals surface area (Å²) in [4.78, 5) is 13.9. The number of nitrogens with one attached hydrogen (secondary N) is 1. The molecule has 0 amide bonds. The molecule has 0 bridgehead atoms. The number of sulfonamides is 1. The fraction of sp³-hybridized carbons (Fsp3) is 0.208. The molecule has 0 unspecified atom stereocenters. The van der Waals surface area contributed by atoms with E-state index in [0.717, 1.165) is 42.7 Å². The van der Waals surface area contributed by atoms with Gasteiger partial charge in [-0.3, -0.25) is 4.72 Å². The van der Waals surface area contributed by atoms with Gasteiger partial charge in [0.15, 0.2) is 0 Å². The van der Waals surface area contributed by atoms with E-state index in [1.807, 2.05) is 35.2 Å². The molecular formula is C24H25FN2O4S. The standard InChI is InChI=1S/C24H25FN2O4S/c1-2-3-15-27(17-18-7-5-4-6-8-18)23-14-11-20(16-22(23)24(28)29)26-32(30,31)21-12-9-19(25)10-13-21/h4-14,16,26H,2-3,15,17H2,1H3,(H,28,29). The zero-order chi connectivity index (χ0) is 23.1. The van der Waals surface area contributed by atoms with Gasteiger partial charge in [-0.05, 0) is 54.4 Å². The van der Waals surface area contributed by atoms with Crippen LogP contribution in [0.5, 0.6) is 0 Å². The lowest BCUT2D eigenvalue weighted by Gasteiger charge is -2.27. The molecule has 3 aromatic rings. The molecule has 0 radical (unpaired) electrons. The van der Waals surface area contributed by atoms with Crippen molar-refractivity contribution in [1.29, 1.82) is 0 Å². The summed E-state index contributed by atoms with van der Waals surface area (Å²) in [6.45, 7) is 3.25. The van der Waals surface area contributed by atoms with Crippen molar-refractivity contribution >= 4 is 27.4 Å². The number of carboxylic acid groups (broad SMARTS) is 1. The van der Waals surface area contributed by atoms with Gasteiger partial charge in [0.1, 0.15) is 5.82 Å². The van der Waals surface area contributed by atoms with Gasteiger partial charge in [0.05, 0.1) is 16.1 Å². The van der Waals surface area contributed by atoms with Gasteiger partial charge in [0, 0.05) is 18.8 Å². The monoisotopic (exact) mass is 456 g/mol. The molecule has 0 saturated heterocycles. The highest BCUT2D eigenvalue weighted by molar-refractivity contribution is 7.92. The molecule has 0 aliphatic carbocycles. The number of carbonyl (C=O) groups is 1. The molecule has 0 aliphatic heterocycles. The summed E-state index contributed by atoms with van der Waals surface area (Å²) in [5.41, 5.74) is 1.67. The van der Waals surface area contributed by atoms with Gasteiger partial charge in [-0.1, -0.05) is 43.7 Å². The topological polar surface area (TPSA) is 86.7 Å². The Kier molecular flexibility index (Phi) is 7.48. The van der Waals surface area contributed by atoms with Gasteiger partial charge in [-0.15, -0.1) is 0 Å². The molecule has 0 spiro atoms. The van der Waals surface area contributed by atoms with Crippen LogP contribution < -0.4 is 9.62 Å². The van der Waals surface area contributed by atoms with Crippen molar-refractivity contribution in [3.63, 3.8) is 0 Å². The molecule has 0 aromatic heterocycles. The lowest BCUT2D eigenvalue weighted by Crippen LogP contribution is -2.26. The van der Waals surface area contributed by atoms with Crippen molar-refractivity contribution < 1.29 is 22.7 Å². The maximum atomic E-state index is 13.1. The molecule has 6 nitrogen and oxygen atoms in total. The lowest BCUT2D eigenvalue weighted by molar-refractivity contribution is 0.0697. The second-order valence-corrected chi connectivity index (χ2v) is 9.04. The van der Waals surface area contributed by atoms with E-state index in [0.29, 0.717) is 18.8 Å². The van der Waals surface area contributed by atoms with Crippen LogP contribution >= 0.6 is 0 Å². The first kappa shape index (κ1) is 23.3. The zero-order valence-corrected chi connectivity index (χ0v) is 18.5.